The Morgan fingerprint density at radius 2 is 1.32 bits per heavy atom. The molecule has 3 aromatic rings. The van der Waals surface area contributed by atoms with Crippen molar-refractivity contribution in [2.45, 2.75) is 12.0 Å². The number of benzene rings is 3. The lowest BCUT2D eigenvalue weighted by molar-refractivity contribution is 0.243. The van der Waals surface area contributed by atoms with Crippen LogP contribution in [0.3, 0.4) is 0 Å². The Bertz CT molecular complexity index is 1050. The number of urea groups is 1. The van der Waals surface area contributed by atoms with Crippen molar-refractivity contribution in [1.82, 2.24) is 10.9 Å². The molecule has 4 nitrogen and oxygen atoms in total. The maximum absolute atomic E-state index is 12.7. The highest BCUT2D eigenvalue weighted by Crippen LogP contribution is 2.38. The molecule has 0 bridgehead atoms. The van der Waals surface area contributed by atoms with Crippen molar-refractivity contribution >= 4 is 11.7 Å². The Morgan fingerprint density at radius 3 is 1.94 bits per heavy atom. The zero-order chi connectivity index (χ0) is 21.4. The number of rotatable bonds is 6. The van der Waals surface area contributed by atoms with Gasteiger partial charge in [-0.05, 0) is 35.3 Å². The van der Waals surface area contributed by atoms with Crippen LogP contribution in [-0.2, 0) is 5.54 Å². The minimum Gasteiger partial charge on any atom is -0.307 e. The largest absolute Gasteiger partial charge is 0.333 e. The molecule has 0 atom stereocenters. The van der Waals surface area contributed by atoms with E-state index in [1.807, 2.05) is 78.9 Å². The summed E-state index contributed by atoms with van der Waals surface area (Å²) < 4.78 is 0. The Hall–Kier alpha value is -3.89. The molecule has 2 amide bonds. The first-order valence-electron chi connectivity index (χ1n) is 10.3. The number of hydrogen-bond acceptors (Lipinski definition) is 2. The first-order chi connectivity index (χ1) is 15.3. The molecular weight excluding hydrogens is 382 g/mol. The zero-order valence-electron chi connectivity index (χ0n) is 17.2. The molecule has 0 aromatic heterocycles. The summed E-state index contributed by atoms with van der Waals surface area (Å²) in [7, 11) is 0. The van der Waals surface area contributed by atoms with Crippen molar-refractivity contribution < 1.29 is 4.79 Å². The molecule has 1 aliphatic rings. The Labute approximate surface area is 183 Å². The van der Waals surface area contributed by atoms with Crippen molar-refractivity contribution in [3.63, 3.8) is 0 Å². The number of hydrogen-bond donors (Lipinski definition) is 3. The monoisotopic (exact) mass is 407 g/mol. The molecule has 4 heteroatoms. The summed E-state index contributed by atoms with van der Waals surface area (Å²) in [5, 5.41) is 2.87. The van der Waals surface area contributed by atoms with Crippen LogP contribution in [0.25, 0.3) is 0 Å². The van der Waals surface area contributed by atoms with E-state index in [0.717, 1.165) is 28.8 Å². The van der Waals surface area contributed by atoms with Gasteiger partial charge < -0.3 is 5.32 Å². The number of allylic oxidation sites excluding steroid dienone is 4. The van der Waals surface area contributed by atoms with E-state index in [-0.39, 0.29) is 6.03 Å². The standard InChI is InChI=1S/C27H25N3O/c31-26(28-25-20-12-5-13-21-25)29-30-27(23-16-8-3-9-17-23,24-18-10-4-11-19-24)22-14-6-1-2-7-15-22/h1-6,8-21,30H,7H2,(H2,28,29,31). The highest BCUT2D eigenvalue weighted by atomic mass is 16.2. The molecule has 3 aromatic carbocycles. The van der Waals surface area contributed by atoms with Crippen LogP contribution in [0.15, 0.2) is 127 Å². The third kappa shape index (κ3) is 4.65. The minimum atomic E-state index is -0.765. The summed E-state index contributed by atoms with van der Waals surface area (Å²) in [6.45, 7) is 0. The maximum Gasteiger partial charge on any atom is 0.333 e. The molecular formula is C27H25N3O. The van der Waals surface area contributed by atoms with Gasteiger partial charge in [-0.1, -0.05) is 109 Å². The summed E-state index contributed by atoms with van der Waals surface area (Å²) in [6.07, 6.45) is 11.3. The summed E-state index contributed by atoms with van der Waals surface area (Å²) in [6, 6.07) is 29.4. The van der Waals surface area contributed by atoms with Crippen molar-refractivity contribution in [3.8, 4) is 0 Å². The Morgan fingerprint density at radius 1 is 0.742 bits per heavy atom. The highest BCUT2D eigenvalue weighted by molar-refractivity contribution is 5.88. The van der Waals surface area contributed by atoms with Crippen LogP contribution in [0.1, 0.15) is 17.5 Å². The summed E-state index contributed by atoms with van der Waals surface area (Å²) in [5.74, 6) is 0. The molecule has 154 valence electrons. The van der Waals surface area contributed by atoms with Crippen LogP contribution in [-0.4, -0.2) is 6.03 Å². The first-order valence-corrected chi connectivity index (χ1v) is 10.3. The van der Waals surface area contributed by atoms with Gasteiger partial charge in [-0.15, -0.1) is 0 Å². The Balaban J connectivity index is 1.74. The average Bonchev–Trinajstić information content (AvgIpc) is 3.12. The fraction of sp³-hybridized carbons (Fsp3) is 0.0741. The molecule has 0 spiro atoms. The summed E-state index contributed by atoms with van der Waals surface area (Å²) >= 11 is 0. The van der Waals surface area contributed by atoms with Crippen LogP contribution in [0.2, 0.25) is 0 Å². The normalized spacial score (nSPS) is 13.2. The van der Waals surface area contributed by atoms with Gasteiger partial charge in [-0.25, -0.2) is 10.2 Å². The second kappa shape index (κ2) is 9.74. The molecule has 0 aliphatic heterocycles. The molecule has 0 fully saturated rings. The zero-order valence-corrected chi connectivity index (χ0v) is 17.2. The van der Waals surface area contributed by atoms with Gasteiger partial charge in [0.2, 0.25) is 0 Å². The van der Waals surface area contributed by atoms with Gasteiger partial charge >= 0.3 is 6.03 Å². The molecule has 0 radical (unpaired) electrons. The molecule has 31 heavy (non-hydrogen) atoms. The van der Waals surface area contributed by atoms with Crippen LogP contribution >= 0.6 is 0 Å². The predicted molar refractivity (Wildman–Crippen MR) is 126 cm³/mol. The lowest BCUT2D eigenvalue weighted by atomic mass is 9.76. The lowest BCUT2D eigenvalue weighted by Crippen LogP contribution is -2.54. The number of hydrazine groups is 1. The number of carbonyl (C=O) groups excluding carboxylic acids is 1. The predicted octanol–water partition coefficient (Wildman–Crippen LogP) is 5.70. The van der Waals surface area contributed by atoms with E-state index >= 15 is 0 Å². The fourth-order valence-electron chi connectivity index (χ4n) is 3.78. The van der Waals surface area contributed by atoms with Crippen molar-refractivity contribution in [2.24, 2.45) is 0 Å². The lowest BCUT2D eigenvalue weighted by Gasteiger charge is -2.37. The smallest absolute Gasteiger partial charge is 0.307 e. The Kier molecular flexibility index (Phi) is 6.41. The van der Waals surface area contributed by atoms with Gasteiger partial charge in [0.15, 0.2) is 0 Å². The second-order valence-corrected chi connectivity index (χ2v) is 7.23. The van der Waals surface area contributed by atoms with Gasteiger partial charge in [0, 0.05) is 5.69 Å². The third-order valence-corrected chi connectivity index (χ3v) is 5.24. The van der Waals surface area contributed by atoms with Gasteiger partial charge in [-0.2, -0.15) is 0 Å². The van der Waals surface area contributed by atoms with Gasteiger partial charge in [-0.3, -0.25) is 5.43 Å². The van der Waals surface area contributed by atoms with E-state index in [0.29, 0.717) is 0 Å². The van der Waals surface area contributed by atoms with Gasteiger partial charge in [0.25, 0.3) is 0 Å². The SMILES string of the molecule is O=C(NNC(C1=CCC=CC=C1)(c1ccccc1)c1ccccc1)Nc1ccccc1. The van der Waals surface area contributed by atoms with E-state index in [4.69, 9.17) is 0 Å². The van der Waals surface area contributed by atoms with Crippen molar-refractivity contribution in [3.05, 3.63) is 138 Å². The van der Waals surface area contributed by atoms with Gasteiger partial charge in [0.05, 0.1) is 0 Å². The fourth-order valence-corrected chi connectivity index (χ4v) is 3.78. The number of anilines is 1. The van der Waals surface area contributed by atoms with Crippen molar-refractivity contribution in [1.29, 1.82) is 0 Å². The van der Waals surface area contributed by atoms with E-state index in [1.54, 1.807) is 0 Å². The van der Waals surface area contributed by atoms with Crippen LogP contribution in [0.5, 0.6) is 0 Å². The first kappa shape index (κ1) is 20.4. The average molecular weight is 408 g/mol. The molecule has 0 heterocycles. The van der Waals surface area contributed by atoms with E-state index in [2.05, 4.69) is 58.7 Å². The number of amides is 2. The topological polar surface area (TPSA) is 53.2 Å². The van der Waals surface area contributed by atoms with E-state index in [1.165, 1.54) is 0 Å². The molecule has 0 saturated carbocycles. The molecule has 4 rings (SSSR count). The van der Waals surface area contributed by atoms with Gasteiger partial charge in [0.1, 0.15) is 5.54 Å². The van der Waals surface area contributed by atoms with E-state index in [9.17, 15) is 4.79 Å². The molecule has 1 aliphatic carbocycles. The molecule has 3 N–H and O–H groups in total. The highest BCUT2D eigenvalue weighted by Gasteiger charge is 2.37. The van der Waals surface area contributed by atoms with Crippen LogP contribution in [0, 0.1) is 0 Å². The number of carbonyl (C=O) groups is 1. The molecule has 0 saturated heterocycles. The molecule has 0 unspecified atom stereocenters. The van der Waals surface area contributed by atoms with Crippen molar-refractivity contribution in [2.75, 3.05) is 5.32 Å². The summed E-state index contributed by atoms with van der Waals surface area (Å²) in [4.78, 5) is 12.7. The summed E-state index contributed by atoms with van der Waals surface area (Å²) in [5.41, 5.74) is 9.33. The number of para-hydroxylation sites is 1. The van der Waals surface area contributed by atoms with Crippen LogP contribution < -0.4 is 16.2 Å². The minimum absolute atomic E-state index is 0.334. The third-order valence-electron chi connectivity index (χ3n) is 5.24. The van der Waals surface area contributed by atoms with Crippen LogP contribution in [0.4, 0.5) is 10.5 Å². The second-order valence-electron chi connectivity index (χ2n) is 7.23. The van der Waals surface area contributed by atoms with E-state index < -0.39 is 5.54 Å². The quantitative estimate of drug-likeness (QED) is 0.459. The maximum atomic E-state index is 12.7. The number of nitrogens with one attached hydrogen (secondary N) is 3.